The Morgan fingerprint density at radius 3 is 1.90 bits per heavy atom. The van der Waals surface area contributed by atoms with Gasteiger partial charge < -0.3 is 0 Å². The summed E-state index contributed by atoms with van der Waals surface area (Å²) in [6.45, 7) is 2.93. The number of benzene rings is 1. The lowest BCUT2D eigenvalue weighted by Gasteiger charge is -2.03. The molecule has 1 radical (unpaired) electrons. The number of rotatable bonds is 12. The molecule has 2 nitrogen and oxygen atoms in total. The monoisotopic (exact) mass is 288 g/mol. The molecule has 0 aliphatic rings. The highest BCUT2D eigenvalue weighted by Crippen LogP contribution is 2.10. The summed E-state index contributed by atoms with van der Waals surface area (Å²) in [4.78, 5) is 11.7. The van der Waals surface area contributed by atoms with Crippen molar-refractivity contribution in [3.8, 4) is 0 Å². The van der Waals surface area contributed by atoms with Crippen LogP contribution in [0.2, 0.25) is 0 Å². The fourth-order valence-corrected chi connectivity index (χ4v) is 2.45. The number of carbonyl (C=O) groups excluding carboxylic acids is 1. The van der Waals surface area contributed by atoms with Gasteiger partial charge in [-0.05, 0) is 18.6 Å². The molecule has 21 heavy (non-hydrogen) atoms. The van der Waals surface area contributed by atoms with Gasteiger partial charge in [0.25, 0.3) is 5.91 Å². The molecule has 0 aromatic heterocycles. The molecule has 0 saturated heterocycles. The smallest absolute Gasteiger partial charge is 0.267 e. The Kier molecular flexibility index (Phi) is 10.5. The summed E-state index contributed by atoms with van der Waals surface area (Å²) in [7, 11) is 0. The van der Waals surface area contributed by atoms with Crippen molar-refractivity contribution in [3.63, 3.8) is 0 Å². The summed E-state index contributed by atoms with van der Waals surface area (Å²) in [5.41, 5.74) is 0.699. The minimum Gasteiger partial charge on any atom is -0.267 e. The van der Waals surface area contributed by atoms with E-state index in [4.69, 9.17) is 0 Å². The van der Waals surface area contributed by atoms with E-state index < -0.39 is 0 Å². The lowest BCUT2D eigenvalue weighted by Crippen LogP contribution is -2.16. The van der Waals surface area contributed by atoms with Gasteiger partial charge in [-0.25, -0.2) is 5.32 Å². The molecule has 0 fully saturated rings. The van der Waals surface area contributed by atoms with Crippen molar-refractivity contribution in [1.29, 1.82) is 0 Å². The highest BCUT2D eigenvalue weighted by molar-refractivity contribution is 5.93. The molecule has 0 aliphatic heterocycles. The van der Waals surface area contributed by atoms with Crippen LogP contribution in [0.15, 0.2) is 30.3 Å². The van der Waals surface area contributed by atoms with Gasteiger partial charge in [0.05, 0.1) is 0 Å². The van der Waals surface area contributed by atoms with Gasteiger partial charge in [0.1, 0.15) is 0 Å². The van der Waals surface area contributed by atoms with Gasteiger partial charge in [-0.1, -0.05) is 82.9 Å². The Bertz CT molecular complexity index is 361. The van der Waals surface area contributed by atoms with Crippen LogP contribution in [0.5, 0.6) is 0 Å². The standard InChI is InChI=1S/C19H30NO/c1-2-3-4-5-6-7-8-9-10-14-17-20-19(21)18-15-12-11-13-16-18/h11-13,15-16H,2-10,14,17H2,1H3. The molecule has 0 spiro atoms. The average Bonchev–Trinajstić information content (AvgIpc) is 2.53. The predicted molar refractivity (Wildman–Crippen MR) is 89.6 cm³/mol. The molecule has 1 aromatic rings. The van der Waals surface area contributed by atoms with Gasteiger partial charge in [0.15, 0.2) is 0 Å². The van der Waals surface area contributed by atoms with Crippen LogP contribution in [-0.2, 0) is 0 Å². The fraction of sp³-hybridized carbons (Fsp3) is 0.632. The van der Waals surface area contributed by atoms with Crippen molar-refractivity contribution in [2.24, 2.45) is 0 Å². The van der Waals surface area contributed by atoms with E-state index in [1.807, 2.05) is 30.3 Å². The molecule has 1 rings (SSSR count). The van der Waals surface area contributed by atoms with E-state index in [2.05, 4.69) is 12.2 Å². The molecular formula is C19H30NO. The van der Waals surface area contributed by atoms with Gasteiger partial charge in [0.2, 0.25) is 0 Å². The summed E-state index contributed by atoms with van der Waals surface area (Å²) in [6.07, 6.45) is 13.1. The van der Waals surface area contributed by atoms with Gasteiger partial charge in [-0.3, -0.25) is 4.79 Å². The van der Waals surface area contributed by atoms with Crippen LogP contribution in [0.3, 0.4) is 0 Å². The number of amides is 1. The number of hydrogen-bond acceptors (Lipinski definition) is 1. The predicted octanol–water partition coefficient (Wildman–Crippen LogP) is 5.35. The van der Waals surface area contributed by atoms with E-state index in [0.29, 0.717) is 12.1 Å². The van der Waals surface area contributed by atoms with Crippen molar-refractivity contribution < 1.29 is 4.79 Å². The number of carbonyl (C=O) groups is 1. The van der Waals surface area contributed by atoms with E-state index in [1.54, 1.807) is 0 Å². The maximum absolute atomic E-state index is 11.7. The topological polar surface area (TPSA) is 31.2 Å². The van der Waals surface area contributed by atoms with Gasteiger partial charge in [0, 0.05) is 12.1 Å². The van der Waals surface area contributed by atoms with Crippen molar-refractivity contribution >= 4 is 5.91 Å². The molecule has 0 saturated carbocycles. The zero-order valence-corrected chi connectivity index (χ0v) is 13.5. The van der Waals surface area contributed by atoms with Crippen molar-refractivity contribution in [2.45, 2.75) is 71.1 Å². The zero-order valence-electron chi connectivity index (χ0n) is 13.5. The molecule has 117 valence electrons. The molecule has 0 atom stereocenters. The summed E-state index contributed by atoms with van der Waals surface area (Å²) in [5.74, 6) is -0.0773. The molecule has 0 aliphatic carbocycles. The summed E-state index contributed by atoms with van der Waals surface area (Å²) < 4.78 is 0. The highest BCUT2D eigenvalue weighted by Gasteiger charge is 2.04. The second-order valence-corrected chi connectivity index (χ2v) is 5.73. The van der Waals surface area contributed by atoms with Crippen LogP contribution < -0.4 is 5.32 Å². The van der Waals surface area contributed by atoms with Crippen LogP contribution in [-0.4, -0.2) is 12.5 Å². The van der Waals surface area contributed by atoms with Gasteiger partial charge in [-0.15, -0.1) is 0 Å². The maximum atomic E-state index is 11.7. The normalized spacial score (nSPS) is 10.5. The van der Waals surface area contributed by atoms with E-state index in [1.165, 1.54) is 57.8 Å². The number of hydrogen-bond donors (Lipinski definition) is 0. The quantitative estimate of drug-likeness (QED) is 0.477. The largest absolute Gasteiger partial charge is 0.272 e. The molecule has 2 heteroatoms. The minimum absolute atomic E-state index is 0.0773. The molecule has 0 bridgehead atoms. The van der Waals surface area contributed by atoms with Crippen LogP contribution >= 0.6 is 0 Å². The van der Waals surface area contributed by atoms with E-state index in [9.17, 15) is 4.79 Å². The van der Waals surface area contributed by atoms with Crippen LogP contribution in [0.1, 0.15) is 81.5 Å². The Morgan fingerprint density at radius 2 is 1.33 bits per heavy atom. The number of nitrogens with zero attached hydrogens (tertiary/aromatic N) is 1. The Morgan fingerprint density at radius 1 is 0.810 bits per heavy atom. The summed E-state index contributed by atoms with van der Waals surface area (Å²) in [5, 5.41) is 4.12. The Balaban J connectivity index is 1.88. The molecule has 0 N–H and O–H groups in total. The third-order valence-electron chi connectivity index (χ3n) is 3.79. The second-order valence-electron chi connectivity index (χ2n) is 5.73. The molecular weight excluding hydrogens is 258 g/mol. The van der Waals surface area contributed by atoms with E-state index in [0.717, 1.165) is 6.42 Å². The zero-order chi connectivity index (χ0) is 15.2. The molecule has 0 heterocycles. The fourth-order valence-electron chi connectivity index (χ4n) is 2.45. The van der Waals surface area contributed by atoms with E-state index in [-0.39, 0.29) is 5.91 Å². The Hall–Kier alpha value is -1.31. The lowest BCUT2D eigenvalue weighted by molar-refractivity contribution is 0.0948. The minimum atomic E-state index is -0.0773. The summed E-state index contributed by atoms with van der Waals surface area (Å²) >= 11 is 0. The molecule has 1 aromatic carbocycles. The van der Waals surface area contributed by atoms with Gasteiger partial charge in [-0.2, -0.15) is 0 Å². The third kappa shape index (κ3) is 9.28. The van der Waals surface area contributed by atoms with Gasteiger partial charge >= 0.3 is 0 Å². The second kappa shape index (κ2) is 12.4. The summed E-state index contributed by atoms with van der Waals surface area (Å²) in [6, 6.07) is 9.32. The van der Waals surface area contributed by atoms with Crippen LogP contribution in [0.4, 0.5) is 0 Å². The molecule has 0 unspecified atom stereocenters. The SMILES string of the molecule is CCCCCCCCCCCC[N]C(=O)c1ccccc1. The first kappa shape index (κ1) is 17.7. The van der Waals surface area contributed by atoms with Crippen molar-refractivity contribution in [2.75, 3.05) is 6.54 Å². The van der Waals surface area contributed by atoms with Crippen LogP contribution in [0, 0.1) is 0 Å². The first-order valence-electron chi connectivity index (χ1n) is 8.61. The first-order valence-corrected chi connectivity index (χ1v) is 8.61. The van der Waals surface area contributed by atoms with Crippen LogP contribution in [0.25, 0.3) is 0 Å². The first-order chi connectivity index (χ1) is 10.3. The molecule has 1 amide bonds. The number of unbranched alkanes of at least 4 members (excludes halogenated alkanes) is 9. The highest BCUT2D eigenvalue weighted by atomic mass is 16.1. The Labute approximate surface area is 130 Å². The lowest BCUT2D eigenvalue weighted by atomic mass is 10.1. The van der Waals surface area contributed by atoms with E-state index >= 15 is 0 Å². The van der Waals surface area contributed by atoms with Crippen molar-refractivity contribution in [1.82, 2.24) is 5.32 Å². The van der Waals surface area contributed by atoms with Crippen molar-refractivity contribution in [3.05, 3.63) is 35.9 Å². The average molecular weight is 288 g/mol. The maximum Gasteiger partial charge on any atom is 0.272 e. The third-order valence-corrected chi connectivity index (χ3v) is 3.79.